The molecule has 0 saturated carbocycles. The highest BCUT2D eigenvalue weighted by molar-refractivity contribution is 5.77. The van der Waals surface area contributed by atoms with E-state index in [0.717, 1.165) is 83.3 Å². The minimum absolute atomic E-state index is 0.0204. The Morgan fingerprint density at radius 2 is 0.857 bits per heavy atom. The Morgan fingerprint density at radius 3 is 1.39 bits per heavy atom. The van der Waals surface area contributed by atoms with Gasteiger partial charge < -0.3 is 14.4 Å². The summed E-state index contributed by atoms with van der Waals surface area (Å²) < 4.78 is 11.5. The molecular formula is C50H97NO5. The molecule has 6 heteroatoms. The maximum absolute atomic E-state index is 12.8. The van der Waals surface area contributed by atoms with Gasteiger partial charge in [-0.3, -0.25) is 14.4 Å². The minimum Gasteiger partial charge on any atom is -0.466 e. The molecule has 0 aromatic carbocycles. The van der Waals surface area contributed by atoms with E-state index in [9.17, 15) is 14.4 Å². The van der Waals surface area contributed by atoms with E-state index in [1.165, 1.54) is 148 Å². The maximum atomic E-state index is 12.8. The van der Waals surface area contributed by atoms with E-state index in [-0.39, 0.29) is 18.0 Å². The predicted octanol–water partition coefficient (Wildman–Crippen LogP) is 15.1. The summed E-state index contributed by atoms with van der Waals surface area (Å²) in [6, 6.07) is 0. The Morgan fingerprint density at radius 1 is 0.446 bits per heavy atom. The van der Waals surface area contributed by atoms with Gasteiger partial charge in [-0.1, -0.05) is 169 Å². The monoisotopic (exact) mass is 792 g/mol. The van der Waals surface area contributed by atoms with Gasteiger partial charge in [0.2, 0.25) is 0 Å². The topological polar surface area (TPSA) is 72.9 Å². The molecule has 0 aliphatic rings. The fraction of sp³-hybridized carbons (Fsp3) is 0.940. The van der Waals surface area contributed by atoms with Crippen LogP contribution in [0.25, 0.3) is 0 Å². The van der Waals surface area contributed by atoms with Crippen LogP contribution < -0.4 is 0 Å². The molecular weight excluding hydrogens is 695 g/mol. The van der Waals surface area contributed by atoms with Crippen molar-refractivity contribution in [3.8, 4) is 0 Å². The zero-order chi connectivity index (χ0) is 41.2. The normalized spacial score (nSPS) is 12.6. The van der Waals surface area contributed by atoms with Crippen molar-refractivity contribution >= 4 is 17.7 Å². The van der Waals surface area contributed by atoms with Gasteiger partial charge in [0.25, 0.3) is 0 Å². The molecule has 0 amide bonds. The molecule has 0 aliphatic heterocycles. The van der Waals surface area contributed by atoms with Crippen molar-refractivity contribution in [2.45, 2.75) is 272 Å². The van der Waals surface area contributed by atoms with Gasteiger partial charge in [0.1, 0.15) is 11.9 Å². The Balaban J connectivity index is 4.33. The van der Waals surface area contributed by atoms with Crippen LogP contribution in [0.15, 0.2) is 0 Å². The van der Waals surface area contributed by atoms with Crippen molar-refractivity contribution in [1.82, 2.24) is 4.90 Å². The zero-order valence-corrected chi connectivity index (χ0v) is 38.4. The molecule has 0 saturated heterocycles. The summed E-state index contributed by atoms with van der Waals surface area (Å²) in [7, 11) is 0. The summed E-state index contributed by atoms with van der Waals surface area (Å²) in [6.07, 6.45) is 40.6. The molecule has 332 valence electrons. The molecule has 56 heavy (non-hydrogen) atoms. The molecule has 0 aromatic heterocycles. The summed E-state index contributed by atoms with van der Waals surface area (Å²) in [5, 5.41) is 0. The second-order valence-corrected chi connectivity index (χ2v) is 17.4. The van der Waals surface area contributed by atoms with Crippen LogP contribution in [0.1, 0.15) is 266 Å². The third kappa shape index (κ3) is 39.4. The molecule has 0 fully saturated rings. The number of Topliss-reactive ketones (excluding diaryl/α,β-unsaturated/α-hetero) is 1. The van der Waals surface area contributed by atoms with E-state index in [4.69, 9.17) is 9.47 Å². The summed E-state index contributed by atoms with van der Waals surface area (Å²) in [5.74, 6) is 1.19. The number of ketones is 1. The number of unbranched alkanes of at least 4 members (excludes halogenated alkanes) is 22. The van der Waals surface area contributed by atoms with Crippen LogP contribution in [0.5, 0.6) is 0 Å². The summed E-state index contributed by atoms with van der Waals surface area (Å²) in [6.45, 7) is 15.0. The molecule has 0 N–H and O–H groups in total. The number of ether oxygens (including phenoxy) is 2. The average Bonchev–Trinajstić information content (AvgIpc) is 3.19. The highest BCUT2D eigenvalue weighted by Crippen LogP contribution is 2.20. The highest BCUT2D eigenvalue weighted by atomic mass is 16.5. The lowest BCUT2D eigenvalue weighted by Gasteiger charge is -2.22. The lowest BCUT2D eigenvalue weighted by atomic mass is 9.98. The second-order valence-electron chi connectivity index (χ2n) is 17.4. The van der Waals surface area contributed by atoms with E-state index in [1.54, 1.807) is 0 Å². The Bertz CT molecular complexity index is 862. The zero-order valence-electron chi connectivity index (χ0n) is 38.4. The van der Waals surface area contributed by atoms with E-state index >= 15 is 0 Å². The van der Waals surface area contributed by atoms with Crippen molar-refractivity contribution in [1.29, 1.82) is 0 Å². The van der Waals surface area contributed by atoms with Crippen LogP contribution in [0.3, 0.4) is 0 Å². The van der Waals surface area contributed by atoms with Gasteiger partial charge in [-0.15, -0.1) is 0 Å². The van der Waals surface area contributed by atoms with Crippen LogP contribution in [-0.4, -0.2) is 55.0 Å². The first kappa shape index (κ1) is 54.6. The number of carbonyl (C=O) groups is 3. The smallest absolute Gasteiger partial charge is 0.306 e. The fourth-order valence-corrected chi connectivity index (χ4v) is 7.66. The SMILES string of the molecule is CCCCCCCCCOC(=O)CCCCCCCN(CCCCCCCC(=O)OC(CCCCCCCC)CCCCCC(C)CC)CCCCC(=O)CC. The lowest BCUT2D eigenvalue weighted by Crippen LogP contribution is -2.27. The van der Waals surface area contributed by atoms with E-state index in [1.807, 2.05) is 6.92 Å². The summed E-state index contributed by atoms with van der Waals surface area (Å²) in [5.41, 5.74) is 0. The highest BCUT2D eigenvalue weighted by Gasteiger charge is 2.15. The quantitative estimate of drug-likeness (QED) is 0.0452. The number of hydrogen-bond donors (Lipinski definition) is 0. The van der Waals surface area contributed by atoms with Crippen LogP contribution in [0.4, 0.5) is 0 Å². The van der Waals surface area contributed by atoms with Crippen LogP contribution in [0.2, 0.25) is 0 Å². The molecule has 2 atom stereocenters. The Kier molecular flexibility index (Phi) is 42.1. The van der Waals surface area contributed by atoms with Crippen molar-refractivity contribution < 1.29 is 23.9 Å². The molecule has 0 aliphatic carbocycles. The van der Waals surface area contributed by atoms with E-state index in [0.29, 0.717) is 38.1 Å². The van der Waals surface area contributed by atoms with E-state index in [2.05, 4.69) is 32.6 Å². The molecule has 0 spiro atoms. The van der Waals surface area contributed by atoms with E-state index < -0.39 is 0 Å². The summed E-state index contributed by atoms with van der Waals surface area (Å²) >= 11 is 0. The second kappa shape index (κ2) is 43.2. The number of hydrogen-bond acceptors (Lipinski definition) is 6. The van der Waals surface area contributed by atoms with Gasteiger partial charge in [0.15, 0.2) is 0 Å². The lowest BCUT2D eigenvalue weighted by molar-refractivity contribution is -0.150. The van der Waals surface area contributed by atoms with Gasteiger partial charge >= 0.3 is 11.9 Å². The number of esters is 2. The molecule has 0 bridgehead atoms. The van der Waals surface area contributed by atoms with Gasteiger partial charge in [-0.25, -0.2) is 0 Å². The number of carbonyl (C=O) groups excluding carboxylic acids is 3. The number of rotatable bonds is 45. The first-order chi connectivity index (χ1) is 27.4. The summed E-state index contributed by atoms with van der Waals surface area (Å²) in [4.78, 5) is 39.4. The van der Waals surface area contributed by atoms with Crippen LogP contribution in [0, 0.1) is 5.92 Å². The standard InChI is InChI=1S/C50H97NO5/c1-6-10-12-14-16-24-35-45-55-49(53)40-29-20-17-22-32-42-51(44-34-31-37-47(52)9-4)43-33-23-18-21-30-41-50(54)56-48(38-27-19-15-13-11-7-2)39-28-25-26-36-46(5)8-3/h46,48H,6-45H2,1-5H3. The van der Waals surface area contributed by atoms with Crippen molar-refractivity contribution in [3.05, 3.63) is 0 Å². The van der Waals surface area contributed by atoms with Gasteiger partial charge in [0, 0.05) is 25.7 Å². The molecule has 6 nitrogen and oxygen atoms in total. The van der Waals surface area contributed by atoms with Gasteiger partial charge in [-0.2, -0.15) is 0 Å². The van der Waals surface area contributed by atoms with Crippen LogP contribution in [-0.2, 0) is 23.9 Å². The first-order valence-corrected chi connectivity index (χ1v) is 24.9. The molecule has 2 unspecified atom stereocenters. The predicted molar refractivity (Wildman–Crippen MR) is 240 cm³/mol. The van der Waals surface area contributed by atoms with Crippen molar-refractivity contribution in [3.63, 3.8) is 0 Å². The third-order valence-corrected chi connectivity index (χ3v) is 11.9. The average molecular weight is 792 g/mol. The molecule has 0 heterocycles. The largest absolute Gasteiger partial charge is 0.466 e. The Hall–Kier alpha value is -1.43. The van der Waals surface area contributed by atoms with Crippen LogP contribution >= 0.6 is 0 Å². The number of nitrogens with zero attached hydrogens (tertiary/aromatic N) is 1. The third-order valence-electron chi connectivity index (χ3n) is 11.9. The van der Waals surface area contributed by atoms with Gasteiger partial charge in [-0.05, 0) is 96.2 Å². The maximum Gasteiger partial charge on any atom is 0.306 e. The molecule has 0 aromatic rings. The molecule has 0 rings (SSSR count). The molecule has 0 radical (unpaired) electrons. The fourth-order valence-electron chi connectivity index (χ4n) is 7.66. The first-order valence-electron chi connectivity index (χ1n) is 24.9. The Labute approximate surface area is 349 Å². The van der Waals surface area contributed by atoms with Gasteiger partial charge in [0.05, 0.1) is 6.61 Å². The minimum atomic E-state index is -0.0235. The van der Waals surface area contributed by atoms with Crippen molar-refractivity contribution in [2.75, 3.05) is 26.2 Å². The van der Waals surface area contributed by atoms with Crippen molar-refractivity contribution in [2.24, 2.45) is 5.92 Å².